The Morgan fingerprint density at radius 3 is 1.23 bits per heavy atom. The van der Waals surface area contributed by atoms with Crippen molar-refractivity contribution < 1.29 is 0 Å². The molecule has 0 aromatic heterocycles. The molecule has 0 bridgehead atoms. The summed E-state index contributed by atoms with van der Waals surface area (Å²) in [6.45, 7) is 4.07. The monoisotopic (exact) mass is 412 g/mol. The fourth-order valence-corrected chi connectivity index (χ4v) is 7.44. The first-order valence-electron chi connectivity index (χ1n) is 11.1. The molecule has 4 aromatic carbocycles. The number of rotatable bonds is 5. The maximum atomic E-state index is 4.07. The number of hydrogen-bond donors (Lipinski definition) is 0. The van der Waals surface area contributed by atoms with Crippen LogP contribution in [0.15, 0.2) is 110 Å². The second-order valence-corrected chi connectivity index (χ2v) is 10.0. The van der Waals surface area contributed by atoms with Gasteiger partial charge in [-0.05, 0) is 56.1 Å². The van der Waals surface area contributed by atoms with Crippen LogP contribution in [0.5, 0.6) is 0 Å². The van der Waals surface area contributed by atoms with Crippen LogP contribution in [0.1, 0.15) is 34.1 Å². The SMILES string of the molecule is C=CC[Si]C(C1c2ccccc2-c2ccccc21)C1c2ccccc2-c2ccccc21. The maximum Gasteiger partial charge on any atom is 0.0478 e. The predicted octanol–water partition coefficient (Wildman–Crippen LogP) is 7.71. The molecule has 0 heterocycles. The summed E-state index contributed by atoms with van der Waals surface area (Å²) >= 11 is 0. The van der Waals surface area contributed by atoms with Gasteiger partial charge in [0.15, 0.2) is 0 Å². The highest BCUT2D eigenvalue weighted by molar-refractivity contribution is 6.39. The first-order chi connectivity index (χ1) is 15.4. The summed E-state index contributed by atoms with van der Waals surface area (Å²) in [5.74, 6) is 0.824. The molecule has 2 radical (unpaired) electrons. The van der Waals surface area contributed by atoms with Crippen molar-refractivity contribution in [1.29, 1.82) is 0 Å². The highest BCUT2D eigenvalue weighted by atomic mass is 28.2. The average Bonchev–Trinajstić information content (AvgIpc) is 3.34. The lowest BCUT2D eigenvalue weighted by molar-refractivity contribution is 0.654. The Balaban J connectivity index is 1.58. The van der Waals surface area contributed by atoms with Crippen molar-refractivity contribution in [2.24, 2.45) is 0 Å². The third kappa shape index (κ3) is 2.80. The van der Waals surface area contributed by atoms with Crippen molar-refractivity contribution in [2.75, 3.05) is 0 Å². The molecule has 0 amide bonds. The van der Waals surface area contributed by atoms with Gasteiger partial charge in [-0.2, -0.15) is 0 Å². The molecule has 0 saturated heterocycles. The quantitative estimate of drug-likeness (QED) is 0.233. The standard InChI is InChI=1S/C30H24Si/c1-2-19-31-30(28-24-15-7-3-11-20(24)21-12-4-8-16-25(21)28)29-26-17-9-5-13-22(26)23-14-6-10-18-27(23)29/h2-18,28-30H,1,19H2. The molecule has 0 nitrogen and oxygen atoms in total. The van der Waals surface area contributed by atoms with E-state index in [1.807, 2.05) is 0 Å². The van der Waals surface area contributed by atoms with Gasteiger partial charge in [0.25, 0.3) is 0 Å². The molecule has 6 rings (SSSR count). The molecule has 2 aliphatic rings. The Bertz CT molecular complexity index is 1100. The summed E-state index contributed by atoms with van der Waals surface area (Å²) in [5, 5.41) is 0. The van der Waals surface area contributed by atoms with Crippen LogP contribution in [0, 0.1) is 0 Å². The van der Waals surface area contributed by atoms with Gasteiger partial charge in [-0.25, -0.2) is 0 Å². The summed E-state index contributed by atoms with van der Waals surface area (Å²) in [7, 11) is 0.821. The van der Waals surface area contributed by atoms with Crippen molar-refractivity contribution in [1.82, 2.24) is 0 Å². The molecule has 1 heteroatoms. The molecule has 31 heavy (non-hydrogen) atoms. The number of fused-ring (bicyclic) bond motifs is 6. The van der Waals surface area contributed by atoms with Crippen molar-refractivity contribution in [3.63, 3.8) is 0 Å². The van der Waals surface area contributed by atoms with E-state index in [9.17, 15) is 0 Å². The third-order valence-corrected chi connectivity index (χ3v) is 8.64. The minimum absolute atomic E-state index is 0.412. The van der Waals surface area contributed by atoms with Crippen molar-refractivity contribution in [3.8, 4) is 22.3 Å². The first-order valence-corrected chi connectivity index (χ1v) is 12.4. The Morgan fingerprint density at radius 1 is 0.581 bits per heavy atom. The Hall–Kier alpha value is -3.16. The Kier molecular flexibility index (Phi) is 4.51. The zero-order chi connectivity index (χ0) is 20.8. The zero-order valence-electron chi connectivity index (χ0n) is 17.5. The van der Waals surface area contributed by atoms with E-state index >= 15 is 0 Å². The molecule has 0 fully saturated rings. The van der Waals surface area contributed by atoms with E-state index in [2.05, 4.69) is 110 Å². The molecular formula is C30H24Si. The van der Waals surface area contributed by atoms with Crippen LogP contribution < -0.4 is 0 Å². The third-order valence-electron chi connectivity index (χ3n) is 6.98. The van der Waals surface area contributed by atoms with Crippen LogP contribution >= 0.6 is 0 Å². The topological polar surface area (TPSA) is 0 Å². The Morgan fingerprint density at radius 2 is 0.903 bits per heavy atom. The molecule has 2 aliphatic carbocycles. The lowest BCUT2D eigenvalue weighted by atomic mass is 9.82. The van der Waals surface area contributed by atoms with Gasteiger partial charge >= 0.3 is 0 Å². The lowest BCUT2D eigenvalue weighted by Crippen LogP contribution is -2.20. The minimum atomic E-state index is 0.412. The zero-order valence-corrected chi connectivity index (χ0v) is 18.5. The van der Waals surface area contributed by atoms with Gasteiger partial charge < -0.3 is 0 Å². The van der Waals surface area contributed by atoms with Crippen LogP contribution in [0.25, 0.3) is 22.3 Å². The summed E-state index contributed by atoms with van der Waals surface area (Å²) in [6.07, 6.45) is 2.10. The molecular weight excluding hydrogens is 388 g/mol. The highest BCUT2D eigenvalue weighted by Crippen LogP contribution is 2.59. The number of allylic oxidation sites excluding steroid dienone is 1. The van der Waals surface area contributed by atoms with Crippen LogP contribution in [0.4, 0.5) is 0 Å². The van der Waals surface area contributed by atoms with E-state index in [0.29, 0.717) is 17.4 Å². The fourth-order valence-electron chi connectivity index (χ4n) is 5.81. The molecule has 0 N–H and O–H groups in total. The van der Waals surface area contributed by atoms with E-state index in [0.717, 1.165) is 15.6 Å². The van der Waals surface area contributed by atoms with E-state index in [1.165, 1.54) is 44.5 Å². The number of benzene rings is 4. The molecule has 0 aliphatic heterocycles. The Labute approximate surface area is 187 Å². The van der Waals surface area contributed by atoms with Gasteiger partial charge in [-0.15, -0.1) is 6.58 Å². The molecule has 0 spiro atoms. The van der Waals surface area contributed by atoms with E-state index < -0.39 is 0 Å². The van der Waals surface area contributed by atoms with Gasteiger partial charge in [0.2, 0.25) is 0 Å². The van der Waals surface area contributed by atoms with Gasteiger partial charge in [0, 0.05) is 21.4 Å². The molecule has 0 saturated carbocycles. The largest absolute Gasteiger partial charge is 0.103 e. The molecule has 0 unspecified atom stereocenters. The van der Waals surface area contributed by atoms with Gasteiger partial charge in [0.05, 0.1) is 0 Å². The van der Waals surface area contributed by atoms with Crippen molar-refractivity contribution >= 4 is 9.52 Å². The van der Waals surface area contributed by atoms with Crippen LogP contribution in [-0.4, -0.2) is 9.52 Å². The molecule has 0 atom stereocenters. The normalized spacial score (nSPS) is 14.2. The van der Waals surface area contributed by atoms with E-state index in [4.69, 9.17) is 0 Å². The fraction of sp³-hybridized carbons (Fsp3) is 0.133. The molecule has 4 aromatic rings. The smallest absolute Gasteiger partial charge is 0.0478 e. The maximum absolute atomic E-state index is 4.07. The van der Waals surface area contributed by atoms with Gasteiger partial charge in [-0.1, -0.05) is 103 Å². The van der Waals surface area contributed by atoms with Gasteiger partial charge in [0.1, 0.15) is 0 Å². The number of hydrogen-bond acceptors (Lipinski definition) is 0. The molecule has 148 valence electrons. The summed E-state index contributed by atoms with van der Waals surface area (Å²) in [4.78, 5) is 0. The summed E-state index contributed by atoms with van der Waals surface area (Å²) in [5.41, 5.74) is 12.1. The van der Waals surface area contributed by atoms with E-state index in [1.54, 1.807) is 0 Å². The summed E-state index contributed by atoms with van der Waals surface area (Å²) < 4.78 is 0. The lowest BCUT2D eigenvalue weighted by Gasteiger charge is -2.32. The second-order valence-electron chi connectivity index (χ2n) is 8.53. The van der Waals surface area contributed by atoms with Crippen LogP contribution in [0.2, 0.25) is 11.6 Å². The van der Waals surface area contributed by atoms with Crippen molar-refractivity contribution in [2.45, 2.75) is 23.4 Å². The predicted molar refractivity (Wildman–Crippen MR) is 132 cm³/mol. The summed E-state index contributed by atoms with van der Waals surface area (Å²) in [6, 6.07) is 37.3. The van der Waals surface area contributed by atoms with Crippen LogP contribution in [-0.2, 0) is 0 Å². The second kappa shape index (κ2) is 7.51. The minimum Gasteiger partial charge on any atom is -0.103 e. The first kappa shape index (κ1) is 18.6. The van der Waals surface area contributed by atoms with Crippen LogP contribution in [0.3, 0.4) is 0 Å². The van der Waals surface area contributed by atoms with Crippen molar-refractivity contribution in [3.05, 3.63) is 132 Å². The van der Waals surface area contributed by atoms with E-state index in [-0.39, 0.29) is 0 Å². The average molecular weight is 413 g/mol. The highest BCUT2D eigenvalue weighted by Gasteiger charge is 2.42. The van der Waals surface area contributed by atoms with Gasteiger partial charge in [-0.3, -0.25) is 0 Å².